The molecule has 1 aromatic carbocycles. The van der Waals surface area contributed by atoms with Crippen LogP contribution in [0, 0.1) is 5.92 Å². The van der Waals surface area contributed by atoms with Gasteiger partial charge in [-0.3, -0.25) is 14.4 Å². The van der Waals surface area contributed by atoms with Gasteiger partial charge in [0.2, 0.25) is 11.8 Å². The number of carboxylic acid groups (broad SMARTS) is 1. The molecular weight excluding hydrogens is 308 g/mol. The number of carboxylic acids is 1. The van der Waals surface area contributed by atoms with E-state index in [1.807, 2.05) is 18.2 Å². The summed E-state index contributed by atoms with van der Waals surface area (Å²) in [5.74, 6) is -2.52. The van der Waals surface area contributed by atoms with E-state index < -0.39 is 23.3 Å². The molecule has 1 saturated carbocycles. The van der Waals surface area contributed by atoms with E-state index in [2.05, 4.69) is 10.6 Å². The van der Waals surface area contributed by atoms with E-state index >= 15 is 0 Å². The van der Waals surface area contributed by atoms with Crippen LogP contribution in [0.5, 0.6) is 0 Å². The monoisotopic (exact) mass is 330 g/mol. The van der Waals surface area contributed by atoms with Gasteiger partial charge in [-0.05, 0) is 31.4 Å². The van der Waals surface area contributed by atoms with Gasteiger partial charge in [-0.25, -0.2) is 0 Å². The molecule has 6 heteroatoms. The zero-order valence-electron chi connectivity index (χ0n) is 13.7. The van der Waals surface area contributed by atoms with Gasteiger partial charge in [0.15, 0.2) is 0 Å². The van der Waals surface area contributed by atoms with Crippen molar-refractivity contribution in [2.75, 3.05) is 5.32 Å². The second-order valence-corrected chi connectivity index (χ2v) is 6.94. The van der Waals surface area contributed by atoms with Crippen LogP contribution in [-0.2, 0) is 14.4 Å². The molecule has 1 aliphatic heterocycles. The van der Waals surface area contributed by atoms with Gasteiger partial charge in [-0.2, -0.15) is 0 Å². The summed E-state index contributed by atoms with van der Waals surface area (Å²) in [5.41, 5.74) is 0.655. The minimum absolute atomic E-state index is 0.0800. The van der Waals surface area contributed by atoms with Crippen molar-refractivity contribution in [2.45, 2.75) is 50.5 Å². The molecule has 3 unspecified atom stereocenters. The Morgan fingerprint density at radius 1 is 1.29 bits per heavy atom. The fraction of sp³-hybridized carbons (Fsp3) is 0.500. The van der Waals surface area contributed by atoms with Crippen molar-refractivity contribution >= 4 is 23.5 Å². The van der Waals surface area contributed by atoms with Gasteiger partial charge < -0.3 is 15.7 Å². The number of rotatable bonds is 3. The SMILES string of the molecule is CC1(NC(=O)C2CC(=O)Nc3ccccc32)CCCCC1C(=O)O. The fourth-order valence-corrected chi connectivity index (χ4v) is 3.89. The Morgan fingerprint density at radius 3 is 2.79 bits per heavy atom. The van der Waals surface area contributed by atoms with Crippen molar-refractivity contribution < 1.29 is 19.5 Å². The van der Waals surface area contributed by atoms with Crippen LogP contribution in [0.1, 0.15) is 50.5 Å². The van der Waals surface area contributed by atoms with Crippen molar-refractivity contribution in [1.29, 1.82) is 0 Å². The summed E-state index contributed by atoms with van der Waals surface area (Å²) in [6.07, 6.45) is 3.03. The Balaban J connectivity index is 1.84. The van der Waals surface area contributed by atoms with Crippen LogP contribution in [0.3, 0.4) is 0 Å². The molecule has 6 nitrogen and oxygen atoms in total. The lowest BCUT2D eigenvalue weighted by Gasteiger charge is -2.41. The predicted molar refractivity (Wildman–Crippen MR) is 88.6 cm³/mol. The van der Waals surface area contributed by atoms with Gasteiger partial charge >= 0.3 is 5.97 Å². The first kappa shape index (κ1) is 16.5. The maximum atomic E-state index is 12.9. The number of anilines is 1. The van der Waals surface area contributed by atoms with E-state index in [1.54, 1.807) is 13.0 Å². The molecule has 0 spiro atoms. The number of amides is 2. The minimum atomic E-state index is -0.876. The van der Waals surface area contributed by atoms with Gasteiger partial charge in [0.1, 0.15) is 0 Å². The Kier molecular flexibility index (Phi) is 4.30. The van der Waals surface area contributed by atoms with E-state index in [0.29, 0.717) is 18.5 Å². The first-order valence-electron chi connectivity index (χ1n) is 8.34. The van der Waals surface area contributed by atoms with Crippen LogP contribution in [0.25, 0.3) is 0 Å². The normalized spacial score (nSPS) is 29.3. The van der Waals surface area contributed by atoms with E-state index in [1.165, 1.54) is 0 Å². The maximum Gasteiger partial charge on any atom is 0.308 e. The molecule has 2 amide bonds. The van der Waals surface area contributed by atoms with Crippen LogP contribution in [0.15, 0.2) is 24.3 Å². The number of nitrogens with one attached hydrogen (secondary N) is 2. The number of hydrogen-bond donors (Lipinski definition) is 3. The summed E-state index contributed by atoms with van der Waals surface area (Å²) in [7, 11) is 0. The summed E-state index contributed by atoms with van der Waals surface area (Å²) in [5, 5.41) is 15.2. The number of benzene rings is 1. The van der Waals surface area contributed by atoms with Crippen LogP contribution >= 0.6 is 0 Å². The highest BCUT2D eigenvalue weighted by Gasteiger charge is 2.44. The molecule has 128 valence electrons. The average molecular weight is 330 g/mol. The maximum absolute atomic E-state index is 12.9. The van der Waals surface area contributed by atoms with E-state index in [0.717, 1.165) is 18.4 Å². The molecule has 1 fully saturated rings. The summed E-state index contributed by atoms with van der Waals surface area (Å²) in [6, 6.07) is 7.24. The Labute approximate surface area is 140 Å². The first-order valence-corrected chi connectivity index (χ1v) is 8.34. The molecule has 0 bridgehead atoms. The number of carbonyl (C=O) groups is 3. The highest BCUT2D eigenvalue weighted by Crippen LogP contribution is 2.37. The summed E-state index contributed by atoms with van der Waals surface area (Å²) >= 11 is 0. The number of para-hydroxylation sites is 1. The lowest BCUT2D eigenvalue weighted by Crippen LogP contribution is -2.56. The van der Waals surface area contributed by atoms with Crippen LogP contribution < -0.4 is 10.6 Å². The van der Waals surface area contributed by atoms with Crippen molar-refractivity contribution in [3.63, 3.8) is 0 Å². The van der Waals surface area contributed by atoms with E-state index in [-0.39, 0.29) is 18.2 Å². The smallest absolute Gasteiger partial charge is 0.308 e. The molecule has 0 radical (unpaired) electrons. The third kappa shape index (κ3) is 3.00. The number of aliphatic carboxylic acids is 1. The van der Waals surface area contributed by atoms with Crippen LogP contribution in [0.4, 0.5) is 5.69 Å². The standard InChI is InChI=1S/C18H22N2O4/c1-18(9-5-4-7-13(18)17(23)24)20-16(22)12-10-15(21)19-14-8-3-2-6-11(12)14/h2-3,6,8,12-13H,4-5,7,9-10H2,1H3,(H,19,21)(H,20,22)(H,23,24). The molecule has 1 aliphatic carbocycles. The molecular formula is C18H22N2O4. The lowest BCUT2D eigenvalue weighted by molar-refractivity contribution is -0.147. The van der Waals surface area contributed by atoms with Crippen LogP contribution in [-0.4, -0.2) is 28.4 Å². The molecule has 3 atom stereocenters. The number of hydrogen-bond acceptors (Lipinski definition) is 3. The van der Waals surface area contributed by atoms with E-state index in [9.17, 15) is 19.5 Å². The fourth-order valence-electron chi connectivity index (χ4n) is 3.89. The van der Waals surface area contributed by atoms with Gasteiger partial charge in [0.05, 0.1) is 17.4 Å². The second-order valence-electron chi connectivity index (χ2n) is 6.94. The number of carbonyl (C=O) groups excluding carboxylic acids is 2. The molecule has 3 N–H and O–H groups in total. The molecule has 1 heterocycles. The molecule has 3 rings (SSSR count). The largest absolute Gasteiger partial charge is 0.481 e. The minimum Gasteiger partial charge on any atom is -0.481 e. The Bertz CT molecular complexity index is 687. The first-order chi connectivity index (χ1) is 11.4. The van der Waals surface area contributed by atoms with Gasteiger partial charge in [-0.15, -0.1) is 0 Å². The molecule has 2 aliphatic rings. The van der Waals surface area contributed by atoms with Gasteiger partial charge in [0, 0.05) is 12.1 Å². The topological polar surface area (TPSA) is 95.5 Å². The molecule has 0 saturated heterocycles. The second kappa shape index (κ2) is 6.26. The summed E-state index contributed by atoms with van der Waals surface area (Å²) in [4.78, 5) is 36.3. The lowest BCUT2D eigenvalue weighted by atomic mass is 9.73. The van der Waals surface area contributed by atoms with Crippen LogP contribution in [0.2, 0.25) is 0 Å². The third-order valence-electron chi connectivity index (χ3n) is 5.23. The van der Waals surface area contributed by atoms with Gasteiger partial charge in [0.25, 0.3) is 0 Å². The van der Waals surface area contributed by atoms with Crippen molar-refractivity contribution in [3.8, 4) is 0 Å². The van der Waals surface area contributed by atoms with Crippen molar-refractivity contribution in [2.24, 2.45) is 5.92 Å². The Hall–Kier alpha value is -2.37. The molecule has 24 heavy (non-hydrogen) atoms. The van der Waals surface area contributed by atoms with E-state index in [4.69, 9.17) is 0 Å². The molecule has 0 aromatic heterocycles. The number of fused-ring (bicyclic) bond motifs is 1. The Morgan fingerprint density at radius 2 is 2.04 bits per heavy atom. The quantitative estimate of drug-likeness (QED) is 0.792. The van der Waals surface area contributed by atoms with Gasteiger partial charge in [-0.1, -0.05) is 31.0 Å². The summed E-state index contributed by atoms with van der Waals surface area (Å²) < 4.78 is 0. The zero-order chi connectivity index (χ0) is 17.3. The highest BCUT2D eigenvalue weighted by molar-refractivity contribution is 6.01. The predicted octanol–water partition coefficient (Wildman–Crippen LogP) is 2.26. The summed E-state index contributed by atoms with van der Waals surface area (Å²) in [6.45, 7) is 1.80. The third-order valence-corrected chi connectivity index (χ3v) is 5.23. The van der Waals surface area contributed by atoms with Crippen molar-refractivity contribution in [3.05, 3.63) is 29.8 Å². The highest BCUT2D eigenvalue weighted by atomic mass is 16.4. The van der Waals surface area contributed by atoms with Crippen molar-refractivity contribution in [1.82, 2.24) is 5.32 Å². The zero-order valence-corrected chi connectivity index (χ0v) is 13.7. The molecule has 1 aromatic rings. The average Bonchev–Trinajstić information content (AvgIpc) is 2.53.